The summed E-state index contributed by atoms with van der Waals surface area (Å²) < 4.78 is 12.8. The molecule has 3 nitrogen and oxygen atoms in total. The Labute approximate surface area is 69.2 Å². The summed E-state index contributed by atoms with van der Waals surface area (Å²) in [4.78, 5) is 0. The Balaban J connectivity index is 3.21. The lowest BCUT2D eigenvalue weighted by Gasteiger charge is -2.04. The van der Waals surface area contributed by atoms with Gasteiger partial charge in [-0.25, -0.2) is 4.39 Å². The molecule has 0 heterocycles. The zero-order valence-corrected chi connectivity index (χ0v) is 6.45. The van der Waals surface area contributed by atoms with Crippen molar-refractivity contribution in [3.8, 4) is 5.75 Å². The molecule has 0 amide bonds. The van der Waals surface area contributed by atoms with Crippen LogP contribution in [0.25, 0.3) is 0 Å². The van der Waals surface area contributed by atoms with Crippen LogP contribution in [0.5, 0.6) is 5.75 Å². The van der Waals surface area contributed by atoms with Crippen molar-refractivity contribution in [2.24, 2.45) is 0 Å². The molecule has 0 aromatic heterocycles. The highest BCUT2D eigenvalue weighted by atomic mass is 19.1. The Morgan fingerprint density at radius 2 is 1.92 bits per heavy atom. The first kappa shape index (κ1) is 9.03. The SMILES string of the molecule is Cc1c(O)cc(B(O)O)cc1F. The monoisotopic (exact) mass is 170 g/mol. The first-order valence-corrected chi connectivity index (χ1v) is 3.37. The van der Waals surface area contributed by atoms with E-state index in [4.69, 9.17) is 15.2 Å². The van der Waals surface area contributed by atoms with Crippen LogP contribution >= 0.6 is 0 Å². The van der Waals surface area contributed by atoms with Crippen molar-refractivity contribution in [2.45, 2.75) is 6.92 Å². The van der Waals surface area contributed by atoms with Gasteiger partial charge in [0.15, 0.2) is 0 Å². The fourth-order valence-electron chi connectivity index (χ4n) is 0.834. The van der Waals surface area contributed by atoms with Crippen molar-refractivity contribution >= 4 is 12.6 Å². The Kier molecular flexibility index (Phi) is 2.35. The molecule has 1 aromatic carbocycles. The van der Waals surface area contributed by atoms with E-state index in [-0.39, 0.29) is 16.8 Å². The highest BCUT2D eigenvalue weighted by Gasteiger charge is 2.15. The van der Waals surface area contributed by atoms with Gasteiger partial charge in [0.1, 0.15) is 11.6 Å². The second-order valence-corrected chi connectivity index (χ2v) is 2.52. The number of halogens is 1. The Hall–Kier alpha value is -1.07. The predicted octanol–water partition coefficient (Wildman–Crippen LogP) is -0.480. The summed E-state index contributed by atoms with van der Waals surface area (Å²) in [6.07, 6.45) is 0. The van der Waals surface area contributed by atoms with E-state index in [1.807, 2.05) is 0 Å². The zero-order valence-electron chi connectivity index (χ0n) is 6.45. The minimum absolute atomic E-state index is 0.0596. The smallest absolute Gasteiger partial charge is 0.488 e. The minimum atomic E-state index is -1.76. The molecular weight excluding hydrogens is 162 g/mol. The first-order valence-electron chi connectivity index (χ1n) is 3.37. The molecule has 0 bridgehead atoms. The lowest BCUT2D eigenvalue weighted by Crippen LogP contribution is -2.30. The van der Waals surface area contributed by atoms with Gasteiger partial charge in [-0.2, -0.15) is 0 Å². The molecule has 64 valence electrons. The predicted molar refractivity (Wildman–Crippen MR) is 42.6 cm³/mol. The fraction of sp³-hybridized carbons (Fsp3) is 0.143. The molecule has 0 fully saturated rings. The third-order valence-electron chi connectivity index (χ3n) is 1.64. The van der Waals surface area contributed by atoms with Gasteiger partial charge in [0, 0.05) is 5.56 Å². The van der Waals surface area contributed by atoms with Crippen molar-refractivity contribution < 1.29 is 19.5 Å². The number of aromatic hydroxyl groups is 1. The highest BCUT2D eigenvalue weighted by molar-refractivity contribution is 6.58. The number of phenols is 1. The van der Waals surface area contributed by atoms with Gasteiger partial charge >= 0.3 is 7.12 Å². The molecule has 0 atom stereocenters. The molecule has 1 rings (SSSR count). The molecule has 0 spiro atoms. The van der Waals surface area contributed by atoms with Crippen LogP contribution in [0.15, 0.2) is 12.1 Å². The van der Waals surface area contributed by atoms with Crippen LogP contribution in [-0.2, 0) is 0 Å². The van der Waals surface area contributed by atoms with Gasteiger partial charge in [0.2, 0.25) is 0 Å². The van der Waals surface area contributed by atoms with E-state index in [1.54, 1.807) is 0 Å². The second kappa shape index (κ2) is 3.12. The Morgan fingerprint density at radius 3 is 2.33 bits per heavy atom. The molecule has 12 heavy (non-hydrogen) atoms. The summed E-state index contributed by atoms with van der Waals surface area (Å²) in [5, 5.41) is 26.4. The van der Waals surface area contributed by atoms with Gasteiger partial charge in [-0.1, -0.05) is 0 Å². The maximum atomic E-state index is 12.8. The molecule has 0 aliphatic rings. The van der Waals surface area contributed by atoms with Gasteiger partial charge < -0.3 is 15.2 Å². The third kappa shape index (κ3) is 1.57. The van der Waals surface area contributed by atoms with E-state index in [1.165, 1.54) is 6.92 Å². The van der Waals surface area contributed by atoms with E-state index >= 15 is 0 Å². The van der Waals surface area contributed by atoms with Crippen LogP contribution in [0.4, 0.5) is 4.39 Å². The van der Waals surface area contributed by atoms with Crippen molar-refractivity contribution in [1.82, 2.24) is 0 Å². The van der Waals surface area contributed by atoms with Crippen LogP contribution in [0.1, 0.15) is 5.56 Å². The fourth-order valence-corrected chi connectivity index (χ4v) is 0.834. The number of hydrogen-bond donors (Lipinski definition) is 3. The molecular formula is C7H8BFO3. The van der Waals surface area contributed by atoms with Crippen LogP contribution in [0.3, 0.4) is 0 Å². The summed E-state index contributed by atoms with van der Waals surface area (Å²) in [6.45, 7) is 1.40. The van der Waals surface area contributed by atoms with Crippen LogP contribution in [0, 0.1) is 12.7 Å². The van der Waals surface area contributed by atoms with Gasteiger partial charge in [-0.3, -0.25) is 0 Å². The Morgan fingerprint density at radius 1 is 1.33 bits per heavy atom. The third-order valence-corrected chi connectivity index (χ3v) is 1.64. The lowest BCUT2D eigenvalue weighted by molar-refractivity contribution is 0.423. The minimum Gasteiger partial charge on any atom is -0.508 e. The molecule has 1 aromatic rings. The molecule has 0 radical (unpaired) electrons. The molecule has 3 N–H and O–H groups in total. The van der Waals surface area contributed by atoms with Gasteiger partial charge in [0.05, 0.1) is 0 Å². The molecule has 0 saturated heterocycles. The molecule has 0 unspecified atom stereocenters. The van der Waals surface area contributed by atoms with Crippen LogP contribution in [-0.4, -0.2) is 22.3 Å². The number of rotatable bonds is 1. The van der Waals surface area contributed by atoms with E-state index in [0.29, 0.717) is 0 Å². The summed E-state index contributed by atoms with van der Waals surface area (Å²) in [5.41, 5.74) is 0.0370. The zero-order chi connectivity index (χ0) is 9.30. The van der Waals surface area contributed by atoms with Crippen molar-refractivity contribution in [3.05, 3.63) is 23.5 Å². The van der Waals surface area contributed by atoms with E-state index in [0.717, 1.165) is 12.1 Å². The summed E-state index contributed by atoms with van der Waals surface area (Å²) in [7, 11) is -1.76. The largest absolute Gasteiger partial charge is 0.508 e. The average molecular weight is 170 g/mol. The highest BCUT2D eigenvalue weighted by Crippen LogP contribution is 2.16. The first-order chi connectivity index (χ1) is 5.52. The lowest BCUT2D eigenvalue weighted by atomic mass is 9.80. The topological polar surface area (TPSA) is 60.7 Å². The van der Waals surface area contributed by atoms with Gasteiger partial charge in [-0.05, 0) is 24.5 Å². The molecule has 0 saturated carbocycles. The van der Waals surface area contributed by atoms with E-state index < -0.39 is 12.9 Å². The number of phenolic OH excluding ortho intramolecular Hbond substituents is 1. The normalized spacial score (nSPS) is 10.0. The quantitative estimate of drug-likeness (QED) is 0.498. The average Bonchev–Trinajstić information content (AvgIpc) is 1.99. The van der Waals surface area contributed by atoms with Crippen LogP contribution in [0.2, 0.25) is 0 Å². The second-order valence-electron chi connectivity index (χ2n) is 2.52. The standard InChI is InChI=1S/C7H8BFO3/c1-4-6(9)2-5(8(11)12)3-7(4)10/h2-3,10-12H,1H3. The van der Waals surface area contributed by atoms with E-state index in [2.05, 4.69) is 0 Å². The molecule has 0 aliphatic carbocycles. The van der Waals surface area contributed by atoms with Gasteiger partial charge in [-0.15, -0.1) is 0 Å². The molecule has 5 heteroatoms. The van der Waals surface area contributed by atoms with Crippen LogP contribution < -0.4 is 5.46 Å². The molecule has 0 aliphatic heterocycles. The Bertz CT molecular complexity index is 278. The van der Waals surface area contributed by atoms with Crippen molar-refractivity contribution in [1.29, 1.82) is 0 Å². The summed E-state index contributed by atoms with van der Waals surface area (Å²) in [6, 6.07) is 2.09. The van der Waals surface area contributed by atoms with Crippen molar-refractivity contribution in [3.63, 3.8) is 0 Å². The maximum absolute atomic E-state index is 12.8. The number of benzene rings is 1. The van der Waals surface area contributed by atoms with Crippen molar-refractivity contribution in [2.75, 3.05) is 0 Å². The maximum Gasteiger partial charge on any atom is 0.488 e. The summed E-state index contributed by atoms with van der Waals surface area (Å²) >= 11 is 0. The van der Waals surface area contributed by atoms with E-state index in [9.17, 15) is 4.39 Å². The number of hydrogen-bond acceptors (Lipinski definition) is 3. The summed E-state index contributed by atoms with van der Waals surface area (Å²) in [5.74, 6) is -0.934. The van der Waals surface area contributed by atoms with Gasteiger partial charge in [0.25, 0.3) is 0 Å².